The van der Waals surface area contributed by atoms with Crippen LogP contribution in [0.15, 0.2) is 6.33 Å². The lowest BCUT2D eigenvalue weighted by atomic mass is 9.98. The van der Waals surface area contributed by atoms with Crippen molar-refractivity contribution in [2.45, 2.75) is 19.4 Å². The standard InChI is InChI=1S/C9H16N6O/c10-4-8-2-1-3-14(5-8)9(16)6-15-7-11-12-13-15/h7-8H,1-6,10H2/t8-/m1/s1. The van der Waals surface area contributed by atoms with Gasteiger partial charge in [-0.15, -0.1) is 5.10 Å². The molecule has 1 aliphatic rings. The highest BCUT2D eigenvalue weighted by Crippen LogP contribution is 2.15. The summed E-state index contributed by atoms with van der Waals surface area (Å²) in [5, 5.41) is 10.7. The molecule has 1 aliphatic heterocycles. The van der Waals surface area contributed by atoms with E-state index >= 15 is 0 Å². The number of piperidine rings is 1. The Hall–Kier alpha value is -1.50. The molecule has 1 saturated heterocycles. The average molecular weight is 224 g/mol. The molecule has 0 aliphatic carbocycles. The van der Waals surface area contributed by atoms with Crippen molar-refractivity contribution in [3.63, 3.8) is 0 Å². The first-order valence-corrected chi connectivity index (χ1v) is 5.48. The molecule has 0 saturated carbocycles. The van der Waals surface area contributed by atoms with E-state index in [9.17, 15) is 4.79 Å². The third kappa shape index (κ3) is 2.54. The molecule has 1 atom stereocenters. The van der Waals surface area contributed by atoms with Gasteiger partial charge in [-0.3, -0.25) is 4.79 Å². The molecule has 16 heavy (non-hydrogen) atoms. The number of nitrogens with zero attached hydrogens (tertiary/aromatic N) is 5. The predicted octanol–water partition coefficient (Wildman–Crippen LogP) is -1.13. The van der Waals surface area contributed by atoms with E-state index in [0.717, 1.165) is 25.9 Å². The minimum absolute atomic E-state index is 0.0606. The lowest BCUT2D eigenvalue weighted by molar-refractivity contribution is -0.133. The lowest BCUT2D eigenvalue weighted by Gasteiger charge is -2.32. The molecule has 1 amide bonds. The predicted molar refractivity (Wildman–Crippen MR) is 56.2 cm³/mol. The molecule has 1 fully saturated rings. The minimum atomic E-state index is 0.0606. The van der Waals surface area contributed by atoms with E-state index in [1.54, 1.807) is 0 Å². The Morgan fingerprint density at radius 1 is 1.56 bits per heavy atom. The Morgan fingerprint density at radius 3 is 3.12 bits per heavy atom. The van der Waals surface area contributed by atoms with Crippen LogP contribution < -0.4 is 5.73 Å². The molecule has 2 rings (SSSR count). The number of aromatic nitrogens is 4. The largest absolute Gasteiger partial charge is 0.341 e. The number of hydrogen-bond donors (Lipinski definition) is 1. The van der Waals surface area contributed by atoms with Gasteiger partial charge in [0.1, 0.15) is 12.9 Å². The number of rotatable bonds is 3. The van der Waals surface area contributed by atoms with Crippen LogP contribution in [-0.4, -0.2) is 50.6 Å². The highest BCUT2D eigenvalue weighted by atomic mass is 16.2. The summed E-state index contributed by atoms with van der Waals surface area (Å²) in [7, 11) is 0. The minimum Gasteiger partial charge on any atom is -0.341 e. The van der Waals surface area contributed by atoms with Crippen LogP contribution in [0.4, 0.5) is 0 Å². The third-order valence-electron chi connectivity index (χ3n) is 2.89. The summed E-state index contributed by atoms with van der Waals surface area (Å²) in [5.41, 5.74) is 5.63. The normalized spacial score (nSPS) is 21.1. The van der Waals surface area contributed by atoms with E-state index in [0.29, 0.717) is 12.5 Å². The van der Waals surface area contributed by atoms with Crippen LogP contribution >= 0.6 is 0 Å². The summed E-state index contributed by atoms with van der Waals surface area (Å²) in [6, 6.07) is 0. The van der Waals surface area contributed by atoms with Gasteiger partial charge in [0, 0.05) is 13.1 Å². The van der Waals surface area contributed by atoms with E-state index in [1.165, 1.54) is 11.0 Å². The SMILES string of the molecule is NC[C@H]1CCCN(C(=O)Cn2cnnn2)C1. The molecule has 0 spiro atoms. The first-order chi connectivity index (χ1) is 7.79. The second-order valence-electron chi connectivity index (χ2n) is 4.09. The zero-order chi connectivity index (χ0) is 11.4. The highest BCUT2D eigenvalue weighted by Gasteiger charge is 2.22. The van der Waals surface area contributed by atoms with E-state index in [2.05, 4.69) is 15.5 Å². The van der Waals surface area contributed by atoms with Gasteiger partial charge < -0.3 is 10.6 Å². The average Bonchev–Trinajstić information content (AvgIpc) is 2.82. The van der Waals surface area contributed by atoms with E-state index in [4.69, 9.17) is 5.73 Å². The molecule has 1 aromatic rings. The van der Waals surface area contributed by atoms with Crippen molar-refractivity contribution in [2.75, 3.05) is 19.6 Å². The van der Waals surface area contributed by atoms with Gasteiger partial charge in [0.25, 0.3) is 0 Å². The summed E-state index contributed by atoms with van der Waals surface area (Å²) in [5.74, 6) is 0.497. The van der Waals surface area contributed by atoms with Crippen molar-refractivity contribution in [2.24, 2.45) is 11.7 Å². The van der Waals surface area contributed by atoms with Crippen LogP contribution in [0.1, 0.15) is 12.8 Å². The maximum Gasteiger partial charge on any atom is 0.244 e. The quantitative estimate of drug-likeness (QED) is 0.701. The smallest absolute Gasteiger partial charge is 0.244 e. The number of likely N-dealkylation sites (tertiary alicyclic amines) is 1. The Morgan fingerprint density at radius 2 is 2.44 bits per heavy atom. The van der Waals surface area contributed by atoms with Gasteiger partial charge in [-0.25, -0.2) is 4.68 Å². The first-order valence-electron chi connectivity index (χ1n) is 5.48. The van der Waals surface area contributed by atoms with Gasteiger partial charge >= 0.3 is 0 Å². The van der Waals surface area contributed by atoms with Gasteiger partial charge in [-0.1, -0.05) is 0 Å². The summed E-state index contributed by atoms with van der Waals surface area (Å²) >= 11 is 0. The van der Waals surface area contributed by atoms with Crippen LogP contribution in [0.2, 0.25) is 0 Å². The Balaban J connectivity index is 1.89. The zero-order valence-corrected chi connectivity index (χ0v) is 9.12. The fourth-order valence-corrected chi connectivity index (χ4v) is 1.98. The number of hydrogen-bond acceptors (Lipinski definition) is 5. The van der Waals surface area contributed by atoms with Gasteiger partial charge in [0.05, 0.1) is 0 Å². The fourth-order valence-electron chi connectivity index (χ4n) is 1.98. The Kier molecular flexibility index (Phi) is 3.45. The van der Waals surface area contributed by atoms with E-state index in [1.807, 2.05) is 4.90 Å². The van der Waals surface area contributed by atoms with E-state index in [-0.39, 0.29) is 12.5 Å². The maximum atomic E-state index is 11.9. The molecule has 7 nitrogen and oxygen atoms in total. The van der Waals surface area contributed by atoms with Gasteiger partial charge in [-0.2, -0.15) is 0 Å². The number of carbonyl (C=O) groups excluding carboxylic acids is 1. The molecule has 88 valence electrons. The molecule has 1 aromatic heterocycles. The van der Waals surface area contributed by atoms with Gasteiger partial charge in [0.15, 0.2) is 0 Å². The number of tetrazole rings is 1. The molecular weight excluding hydrogens is 208 g/mol. The lowest BCUT2D eigenvalue weighted by Crippen LogP contribution is -2.43. The fraction of sp³-hybridized carbons (Fsp3) is 0.778. The first kappa shape index (κ1) is 11.0. The number of carbonyl (C=O) groups is 1. The molecule has 0 aromatic carbocycles. The van der Waals surface area contributed by atoms with Crippen molar-refractivity contribution in [3.05, 3.63) is 6.33 Å². The van der Waals surface area contributed by atoms with Crippen molar-refractivity contribution in [3.8, 4) is 0 Å². The third-order valence-corrected chi connectivity index (χ3v) is 2.89. The van der Waals surface area contributed by atoms with Crippen LogP contribution in [0.25, 0.3) is 0 Å². The Bertz CT molecular complexity index is 338. The summed E-state index contributed by atoms with van der Waals surface area (Å²) in [6.07, 6.45) is 3.59. The van der Waals surface area contributed by atoms with Crippen LogP contribution in [0, 0.1) is 5.92 Å². The molecule has 7 heteroatoms. The second-order valence-corrected chi connectivity index (χ2v) is 4.09. The van der Waals surface area contributed by atoms with Gasteiger partial charge in [0.2, 0.25) is 5.91 Å². The highest BCUT2D eigenvalue weighted by molar-refractivity contribution is 5.75. The van der Waals surface area contributed by atoms with E-state index < -0.39 is 0 Å². The molecular formula is C9H16N6O. The summed E-state index contributed by atoms with van der Waals surface area (Å²) in [4.78, 5) is 13.7. The number of nitrogens with two attached hydrogens (primary N) is 1. The van der Waals surface area contributed by atoms with Crippen LogP contribution in [0.5, 0.6) is 0 Å². The summed E-state index contributed by atoms with van der Waals surface area (Å²) < 4.78 is 1.44. The monoisotopic (exact) mass is 224 g/mol. The zero-order valence-electron chi connectivity index (χ0n) is 9.12. The summed E-state index contributed by atoms with van der Waals surface area (Å²) in [6.45, 7) is 2.44. The molecule has 0 radical (unpaired) electrons. The topological polar surface area (TPSA) is 89.9 Å². The number of amides is 1. The van der Waals surface area contributed by atoms with Crippen molar-refractivity contribution < 1.29 is 4.79 Å². The maximum absolute atomic E-state index is 11.9. The second kappa shape index (κ2) is 5.02. The van der Waals surface area contributed by atoms with Crippen molar-refractivity contribution in [1.82, 2.24) is 25.1 Å². The molecule has 0 bridgehead atoms. The Labute approximate surface area is 93.6 Å². The van der Waals surface area contributed by atoms with Crippen molar-refractivity contribution in [1.29, 1.82) is 0 Å². The molecule has 0 unspecified atom stereocenters. The molecule has 2 N–H and O–H groups in total. The van der Waals surface area contributed by atoms with Crippen LogP contribution in [0.3, 0.4) is 0 Å². The molecule has 2 heterocycles. The van der Waals surface area contributed by atoms with Crippen molar-refractivity contribution >= 4 is 5.91 Å². The van der Waals surface area contributed by atoms with Crippen LogP contribution in [-0.2, 0) is 11.3 Å². The van der Waals surface area contributed by atoms with Gasteiger partial charge in [-0.05, 0) is 35.7 Å².